The summed E-state index contributed by atoms with van der Waals surface area (Å²) in [5.41, 5.74) is 2.51. The number of halogens is 2. The van der Waals surface area contributed by atoms with Crippen LogP contribution in [0, 0.1) is 5.92 Å². The van der Waals surface area contributed by atoms with E-state index < -0.39 is 0 Å². The van der Waals surface area contributed by atoms with E-state index in [1.54, 1.807) is 0 Å². The van der Waals surface area contributed by atoms with E-state index in [-0.39, 0.29) is 0 Å². The van der Waals surface area contributed by atoms with Crippen LogP contribution in [0.3, 0.4) is 0 Å². The first kappa shape index (κ1) is 26.0. The van der Waals surface area contributed by atoms with E-state index in [0.717, 1.165) is 35.4 Å². The Balaban J connectivity index is 1.94. The summed E-state index contributed by atoms with van der Waals surface area (Å²) in [5.74, 6) is 1.98. The summed E-state index contributed by atoms with van der Waals surface area (Å²) in [6, 6.07) is 6.48. The third-order valence-corrected chi connectivity index (χ3v) is 6.83. The van der Waals surface area contributed by atoms with Gasteiger partial charge in [0.25, 0.3) is 0 Å². The highest BCUT2D eigenvalue weighted by Gasteiger charge is 2.04. The molecule has 0 aliphatic rings. The zero-order chi connectivity index (χ0) is 20.5. The van der Waals surface area contributed by atoms with Gasteiger partial charge in [0.15, 0.2) is 0 Å². The second-order valence-corrected chi connectivity index (χ2v) is 9.40. The highest BCUT2D eigenvalue weighted by molar-refractivity contribution is 9.08. The molecule has 1 atom stereocenters. The normalized spacial score (nSPS) is 12.3. The molecule has 0 aliphatic heterocycles. The fraction of sp³-hybridized carbons (Fsp3) is 0.760. The molecule has 0 heterocycles. The van der Waals surface area contributed by atoms with E-state index >= 15 is 0 Å². The quantitative estimate of drug-likeness (QED) is 0.139. The van der Waals surface area contributed by atoms with Crippen LogP contribution in [0.5, 0.6) is 5.75 Å². The van der Waals surface area contributed by atoms with Gasteiger partial charge in [0.2, 0.25) is 0 Å². The Hall–Kier alpha value is -0.0200. The van der Waals surface area contributed by atoms with Crippen LogP contribution in [0.25, 0.3) is 0 Å². The monoisotopic (exact) mass is 516 g/mol. The van der Waals surface area contributed by atoms with Gasteiger partial charge in [-0.15, -0.1) is 0 Å². The molecule has 0 N–H and O–H groups in total. The maximum atomic E-state index is 6.04. The lowest BCUT2D eigenvalue weighted by Crippen LogP contribution is -2.00. The number of hydrogen-bond donors (Lipinski definition) is 0. The van der Waals surface area contributed by atoms with Gasteiger partial charge in [0.1, 0.15) is 5.75 Å². The van der Waals surface area contributed by atoms with E-state index in [9.17, 15) is 0 Å². The molecule has 1 aromatic carbocycles. The molecule has 0 saturated carbocycles. The molecule has 1 aromatic rings. The SMILES string of the molecule is CCCCC(C)CCCCCCCCCCCOc1cc(CBr)ccc1CBr. The van der Waals surface area contributed by atoms with Gasteiger partial charge in [-0.2, -0.15) is 0 Å². The van der Waals surface area contributed by atoms with E-state index in [1.165, 1.54) is 88.2 Å². The first-order valence-corrected chi connectivity index (χ1v) is 13.8. The molecule has 0 spiro atoms. The molecule has 0 saturated heterocycles. The molecule has 28 heavy (non-hydrogen) atoms. The number of unbranched alkanes of at least 4 members (excludes halogenated alkanes) is 9. The molecule has 0 amide bonds. The Labute approximate surface area is 191 Å². The molecule has 0 aliphatic carbocycles. The highest BCUT2D eigenvalue weighted by atomic mass is 79.9. The molecular formula is C25H42Br2O. The summed E-state index contributed by atoms with van der Waals surface area (Å²) < 4.78 is 6.04. The van der Waals surface area contributed by atoms with Crippen LogP contribution in [0.1, 0.15) is 108 Å². The number of alkyl halides is 2. The molecule has 0 fully saturated rings. The lowest BCUT2D eigenvalue weighted by Gasteiger charge is -2.11. The molecule has 0 radical (unpaired) electrons. The van der Waals surface area contributed by atoms with Crippen molar-refractivity contribution in [1.82, 2.24) is 0 Å². The zero-order valence-electron chi connectivity index (χ0n) is 18.3. The fourth-order valence-corrected chi connectivity index (χ4v) is 4.45. The van der Waals surface area contributed by atoms with Crippen molar-refractivity contribution in [3.05, 3.63) is 29.3 Å². The van der Waals surface area contributed by atoms with Gasteiger partial charge in [-0.05, 0) is 24.0 Å². The van der Waals surface area contributed by atoms with Crippen LogP contribution < -0.4 is 4.74 Å². The topological polar surface area (TPSA) is 9.23 Å². The average Bonchev–Trinajstić information content (AvgIpc) is 2.72. The van der Waals surface area contributed by atoms with Crippen LogP contribution in [-0.4, -0.2) is 6.61 Å². The Morgan fingerprint density at radius 1 is 0.786 bits per heavy atom. The molecule has 1 unspecified atom stereocenters. The minimum atomic E-state index is 0.835. The maximum Gasteiger partial charge on any atom is 0.123 e. The predicted molar refractivity (Wildman–Crippen MR) is 132 cm³/mol. The standard InChI is InChI=1S/C25H42Br2O/c1-3-4-14-22(2)15-12-10-8-6-5-7-9-11-13-18-28-25-19-23(20-26)16-17-24(25)21-27/h16-17,19,22H,3-15,18,20-21H2,1-2H3. The summed E-state index contributed by atoms with van der Waals surface area (Å²) in [7, 11) is 0. The van der Waals surface area contributed by atoms with Crippen molar-refractivity contribution >= 4 is 31.9 Å². The number of hydrogen-bond acceptors (Lipinski definition) is 1. The van der Waals surface area contributed by atoms with Crippen molar-refractivity contribution in [3.63, 3.8) is 0 Å². The van der Waals surface area contributed by atoms with Gasteiger partial charge in [0, 0.05) is 16.2 Å². The van der Waals surface area contributed by atoms with E-state index in [0.29, 0.717) is 0 Å². The smallest absolute Gasteiger partial charge is 0.123 e. The van der Waals surface area contributed by atoms with Crippen molar-refractivity contribution in [3.8, 4) is 5.75 Å². The second-order valence-electron chi connectivity index (χ2n) is 8.28. The van der Waals surface area contributed by atoms with Gasteiger partial charge in [-0.25, -0.2) is 0 Å². The average molecular weight is 518 g/mol. The van der Waals surface area contributed by atoms with Crippen LogP contribution >= 0.6 is 31.9 Å². The van der Waals surface area contributed by atoms with Crippen LogP contribution in [0.15, 0.2) is 18.2 Å². The van der Waals surface area contributed by atoms with Crippen molar-refractivity contribution < 1.29 is 4.74 Å². The predicted octanol–water partition coefficient (Wildman–Crippen LogP) is 9.58. The third kappa shape index (κ3) is 12.5. The molecule has 3 heteroatoms. The van der Waals surface area contributed by atoms with Crippen LogP contribution in [-0.2, 0) is 10.7 Å². The Bertz CT molecular complexity index is 489. The molecule has 1 nitrogen and oxygen atoms in total. The molecule has 0 aromatic heterocycles. The van der Waals surface area contributed by atoms with Crippen molar-refractivity contribution in [2.75, 3.05) is 6.61 Å². The summed E-state index contributed by atoms with van der Waals surface area (Å²) in [6.07, 6.45) is 18.0. The largest absolute Gasteiger partial charge is 0.493 e. The fourth-order valence-electron chi connectivity index (χ4n) is 3.64. The Morgan fingerprint density at radius 2 is 1.39 bits per heavy atom. The highest BCUT2D eigenvalue weighted by Crippen LogP contribution is 2.24. The van der Waals surface area contributed by atoms with Gasteiger partial charge >= 0.3 is 0 Å². The van der Waals surface area contributed by atoms with Crippen LogP contribution in [0.4, 0.5) is 0 Å². The van der Waals surface area contributed by atoms with Crippen LogP contribution in [0.2, 0.25) is 0 Å². The first-order valence-electron chi connectivity index (χ1n) is 11.6. The van der Waals surface area contributed by atoms with E-state index in [1.807, 2.05) is 0 Å². The minimum Gasteiger partial charge on any atom is -0.493 e. The summed E-state index contributed by atoms with van der Waals surface area (Å²) >= 11 is 7.08. The van der Waals surface area contributed by atoms with E-state index in [2.05, 4.69) is 63.9 Å². The minimum absolute atomic E-state index is 0.835. The summed E-state index contributed by atoms with van der Waals surface area (Å²) in [4.78, 5) is 0. The Morgan fingerprint density at radius 3 is 2.00 bits per heavy atom. The molecule has 162 valence electrons. The third-order valence-electron chi connectivity index (χ3n) is 5.58. The van der Waals surface area contributed by atoms with Gasteiger partial charge in [-0.1, -0.05) is 135 Å². The number of benzene rings is 1. The lowest BCUT2D eigenvalue weighted by molar-refractivity contribution is 0.302. The van der Waals surface area contributed by atoms with Crippen molar-refractivity contribution in [1.29, 1.82) is 0 Å². The molecule has 0 bridgehead atoms. The maximum absolute atomic E-state index is 6.04. The lowest BCUT2D eigenvalue weighted by atomic mass is 9.97. The van der Waals surface area contributed by atoms with E-state index in [4.69, 9.17) is 4.74 Å². The van der Waals surface area contributed by atoms with Crippen molar-refractivity contribution in [2.45, 2.75) is 108 Å². The molecular weight excluding hydrogens is 476 g/mol. The van der Waals surface area contributed by atoms with Crippen molar-refractivity contribution in [2.24, 2.45) is 5.92 Å². The molecule has 1 rings (SSSR count). The Kier molecular flexibility index (Phi) is 16.5. The number of ether oxygens (including phenoxy) is 1. The van der Waals surface area contributed by atoms with Gasteiger partial charge in [-0.3, -0.25) is 0 Å². The summed E-state index contributed by atoms with van der Waals surface area (Å²) in [5, 5.41) is 1.73. The summed E-state index contributed by atoms with van der Waals surface area (Å²) in [6.45, 7) is 5.56. The van der Waals surface area contributed by atoms with Gasteiger partial charge in [0.05, 0.1) is 6.61 Å². The first-order chi connectivity index (χ1) is 13.7. The second kappa shape index (κ2) is 17.8. The number of rotatable bonds is 18. The zero-order valence-corrected chi connectivity index (χ0v) is 21.5. The van der Waals surface area contributed by atoms with Gasteiger partial charge < -0.3 is 4.74 Å².